The van der Waals surface area contributed by atoms with Crippen molar-refractivity contribution in [1.82, 2.24) is 30.4 Å². The number of aryl methyl sites for hydroxylation is 1. The Morgan fingerprint density at radius 2 is 1.82 bits per heavy atom. The number of benzene rings is 2. The number of aromatic nitrogens is 4. The normalized spacial score (nSPS) is 15.3. The lowest BCUT2D eigenvalue weighted by Gasteiger charge is -2.14. The predicted octanol–water partition coefficient (Wildman–Crippen LogP) is 3.49. The number of hydrogen-bond donors (Lipinski definition) is 1. The Kier molecular flexibility index (Phi) is 7.19. The molecule has 34 heavy (non-hydrogen) atoms. The summed E-state index contributed by atoms with van der Waals surface area (Å²) in [5.41, 5.74) is 1.77. The van der Waals surface area contributed by atoms with Gasteiger partial charge in [-0.15, -0.1) is 5.10 Å². The zero-order valence-electron chi connectivity index (χ0n) is 18.0. The van der Waals surface area contributed by atoms with Crippen LogP contribution in [0.15, 0.2) is 59.5 Å². The van der Waals surface area contributed by atoms with Crippen molar-refractivity contribution < 1.29 is 14.4 Å². The van der Waals surface area contributed by atoms with Gasteiger partial charge >= 0.3 is 0 Å². The van der Waals surface area contributed by atoms with Gasteiger partial charge in [-0.1, -0.05) is 54.1 Å². The Morgan fingerprint density at radius 3 is 2.50 bits per heavy atom. The highest BCUT2D eigenvalue weighted by molar-refractivity contribution is 8.18. The summed E-state index contributed by atoms with van der Waals surface area (Å²) in [6.07, 6.45) is 3.30. The average molecular weight is 495 g/mol. The van der Waals surface area contributed by atoms with E-state index in [0.717, 1.165) is 27.8 Å². The fourth-order valence-electron chi connectivity index (χ4n) is 3.16. The molecule has 11 heteroatoms. The van der Waals surface area contributed by atoms with E-state index in [1.54, 1.807) is 43.3 Å². The molecule has 0 atom stereocenters. The molecule has 1 saturated heterocycles. The van der Waals surface area contributed by atoms with Gasteiger partial charge in [0.15, 0.2) is 5.82 Å². The van der Waals surface area contributed by atoms with Crippen LogP contribution in [-0.4, -0.2) is 55.3 Å². The monoisotopic (exact) mass is 494 g/mol. The van der Waals surface area contributed by atoms with Gasteiger partial charge in [0.1, 0.15) is 5.70 Å². The topological polar surface area (TPSA) is 110 Å². The van der Waals surface area contributed by atoms with Gasteiger partial charge < -0.3 is 5.32 Å². The minimum Gasteiger partial charge on any atom is -0.349 e. The number of carbonyl (C=O) groups excluding carboxylic acids is 3. The maximum atomic E-state index is 13.0. The minimum atomic E-state index is -0.442. The van der Waals surface area contributed by atoms with Gasteiger partial charge in [0.05, 0.1) is 4.91 Å². The summed E-state index contributed by atoms with van der Waals surface area (Å²) in [5, 5.41) is 14.3. The summed E-state index contributed by atoms with van der Waals surface area (Å²) in [6.45, 7) is 1.78. The first-order valence-electron chi connectivity index (χ1n) is 10.2. The number of carbonyl (C=O) groups is 3. The average Bonchev–Trinajstić information content (AvgIpc) is 3.37. The van der Waals surface area contributed by atoms with Crippen LogP contribution in [0.2, 0.25) is 5.02 Å². The van der Waals surface area contributed by atoms with Crippen molar-refractivity contribution in [3.63, 3.8) is 0 Å². The molecular formula is C23H19ClN6O3S. The number of amides is 3. The molecule has 2 aromatic carbocycles. The van der Waals surface area contributed by atoms with E-state index < -0.39 is 17.1 Å². The van der Waals surface area contributed by atoms with E-state index in [0.29, 0.717) is 15.8 Å². The number of nitrogens with zero attached hydrogens (tertiary/aromatic N) is 5. The third-order valence-corrected chi connectivity index (χ3v) is 6.01. The fraction of sp³-hybridized carbons (Fsp3) is 0.130. The molecule has 1 aliphatic rings. The van der Waals surface area contributed by atoms with Crippen LogP contribution in [0.3, 0.4) is 0 Å². The van der Waals surface area contributed by atoms with Crippen LogP contribution in [0, 0.1) is 6.92 Å². The molecule has 0 bridgehead atoms. The molecule has 2 heterocycles. The number of thioether (sulfide) groups is 1. The molecule has 1 N–H and O–H groups in total. The van der Waals surface area contributed by atoms with Crippen LogP contribution >= 0.6 is 23.4 Å². The summed E-state index contributed by atoms with van der Waals surface area (Å²) in [5.74, 6) is -0.408. The number of halogens is 1. The smallest absolute Gasteiger partial charge is 0.293 e. The quantitative estimate of drug-likeness (QED) is 0.500. The molecule has 1 aliphatic heterocycles. The maximum Gasteiger partial charge on any atom is 0.293 e. The van der Waals surface area contributed by atoms with Crippen LogP contribution in [-0.2, 0) is 9.59 Å². The van der Waals surface area contributed by atoms with Crippen molar-refractivity contribution in [2.45, 2.75) is 6.92 Å². The molecule has 1 aromatic heterocycles. The summed E-state index contributed by atoms with van der Waals surface area (Å²) in [4.78, 5) is 39.5. The lowest BCUT2D eigenvalue weighted by molar-refractivity contribution is -0.123. The maximum absolute atomic E-state index is 13.0. The summed E-state index contributed by atoms with van der Waals surface area (Å²) in [7, 11) is 0. The van der Waals surface area contributed by atoms with Crippen LogP contribution in [0.5, 0.6) is 0 Å². The third kappa shape index (κ3) is 5.41. The highest BCUT2D eigenvalue weighted by Gasteiger charge is 2.34. The Morgan fingerprint density at radius 1 is 1.09 bits per heavy atom. The van der Waals surface area contributed by atoms with E-state index in [1.807, 2.05) is 30.3 Å². The van der Waals surface area contributed by atoms with Crippen molar-refractivity contribution in [3.05, 3.63) is 81.5 Å². The van der Waals surface area contributed by atoms with Gasteiger partial charge in [-0.3, -0.25) is 19.3 Å². The molecule has 0 unspecified atom stereocenters. The lowest BCUT2D eigenvalue weighted by Crippen LogP contribution is -2.38. The van der Waals surface area contributed by atoms with Crippen LogP contribution in [0.25, 0.3) is 17.8 Å². The van der Waals surface area contributed by atoms with Gasteiger partial charge in [-0.2, -0.15) is 4.68 Å². The van der Waals surface area contributed by atoms with Crippen molar-refractivity contribution >= 4 is 58.3 Å². The zero-order chi connectivity index (χ0) is 24.1. The van der Waals surface area contributed by atoms with E-state index in [2.05, 4.69) is 20.8 Å². The van der Waals surface area contributed by atoms with Gasteiger partial charge in [0, 0.05) is 18.1 Å². The van der Waals surface area contributed by atoms with E-state index in [1.165, 1.54) is 4.68 Å². The van der Waals surface area contributed by atoms with Gasteiger partial charge in [-0.05, 0) is 64.5 Å². The summed E-state index contributed by atoms with van der Waals surface area (Å²) < 4.78 is 1.33. The second-order valence-corrected chi connectivity index (χ2v) is 8.65. The Bertz CT molecular complexity index is 1290. The number of imide groups is 1. The van der Waals surface area contributed by atoms with Gasteiger partial charge in [-0.25, -0.2) is 0 Å². The Hall–Kier alpha value is -3.76. The predicted molar refractivity (Wildman–Crippen MR) is 130 cm³/mol. The standard InChI is InChI=1S/C23H19ClN6O3S/c1-15-26-27-28-30(15)19(13-16-5-3-2-4-6-16)21(31)25-11-12-29-22(32)20(34-23(29)33)14-17-7-9-18(24)10-8-17/h2-10,13-14H,11-12H2,1H3,(H,25,31)/b19-13+,20-14+. The highest BCUT2D eigenvalue weighted by Crippen LogP contribution is 2.32. The summed E-state index contributed by atoms with van der Waals surface area (Å²) >= 11 is 6.75. The molecule has 0 aliphatic carbocycles. The molecule has 0 saturated carbocycles. The number of nitrogens with one attached hydrogen (secondary N) is 1. The number of rotatable bonds is 7. The second kappa shape index (κ2) is 10.4. The molecule has 4 rings (SSSR count). The van der Waals surface area contributed by atoms with E-state index in [4.69, 9.17) is 11.6 Å². The van der Waals surface area contributed by atoms with Crippen molar-refractivity contribution in [2.24, 2.45) is 0 Å². The van der Waals surface area contributed by atoms with Crippen molar-refractivity contribution in [3.8, 4) is 0 Å². The molecule has 1 fully saturated rings. The Labute approximate surface area is 204 Å². The van der Waals surface area contributed by atoms with Crippen LogP contribution in [0.4, 0.5) is 4.79 Å². The van der Waals surface area contributed by atoms with Crippen molar-refractivity contribution in [1.29, 1.82) is 0 Å². The van der Waals surface area contributed by atoms with E-state index >= 15 is 0 Å². The molecule has 9 nitrogen and oxygen atoms in total. The van der Waals surface area contributed by atoms with Crippen LogP contribution in [0.1, 0.15) is 17.0 Å². The molecule has 0 spiro atoms. The number of tetrazole rings is 1. The molecule has 0 radical (unpaired) electrons. The fourth-order valence-corrected chi connectivity index (χ4v) is 4.15. The number of hydrogen-bond acceptors (Lipinski definition) is 7. The first-order valence-corrected chi connectivity index (χ1v) is 11.4. The lowest BCUT2D eigenvalue weighted by atomic mass is 10.2. The molecule has 3 aromatic rings. The Balaban J connectivity index is 1.43. The van der Waals surface area contributed by atoms with Crippen LogP contribution < -0.4 is 5.32 Å². The zero-order valence-corrected chi connectivity index (χ0v) is 19.6. The van der Waals surface area contributed by atoms with Gasteiger partial charge in [0.25, 0.3) is 17.1 Å². The summed E-state index contributed by atoms with van der Waals surface area (Å²) in [6, 6.07) is 16.2. The largest absolute Gasteiger partial charge is 0.349 e. The minimum absolute atomic E-state index is 0.0293. The molecule has 172 valence electrons. The van der Waals surface area contributed by atoms with E-state index in [9.17, 15) is 14.4 Å². The van der Waals surface area contributed by atoms with E-state index in [-0.39, 0.29) is 18.8 Å². The van der Waals surface area contributed by atoms with Crippen molar-refractivity contribution in [2.75, 3.05) is 13.1 Å². The molecule has 3 amide bonds. The molecular weight excluding hydrogens is 476 g/mol. The SMILES string of the molecule is Cc1nnnn1/C(=C/c1ccccc1)C(=O)NCCN1C(=O)S/C(=C/c2ccc(Cl)cc2)C1=O. The first-order chi connectivity index (χ1) is 16.4. The third-order valence-electron chi connectivity index (χ3n) is 4.85. The van der Waals surface area contributed by atoms with Gasteiger partial charge in [0.2, 0.25) is 0 Å². The highest BCUT2D eigenvalue weighted by atomic mass is 35.5. The second-order valence-electron chi connectivity index (χ2n) is 7.22. The first kappa shape index (κ1) is 23.4.